The molecule has 0 aromatic rings. The van der Waals surface area contributed by atoms with Crippen LogP contribution in [0.2, 0.25) is 0 Å². The Hall–Kier alpha value is -3.26. The first-order valence-corrected chi connectivity index (χ1v) is 5.95. The minimum absolute atomic E-state index is 0.761. The van der Waals surface area contributed by atoms with Crippen molar-refractivity contribution in [1.29, 1.82) is 0 Å². The summed E-state index contributed by atoms with van der Waals surface area (Å²) < 4.78 is 8.32. The molecule has 0 aromatic heterocycles. The monoisotopic (exact) mass is 370 g/mol. The highest BCUT2D eigenvalue weighted by Crippen LogP contribution is 1.98. The van der Waals surface area contributed by atoms with Gasteiger partial charge in [-0.15, -0.1) is 0 Å². The fourth-order valence-corrected chi connectivity index (χ4v) is 0.951. The third kappa shape index (κ3) is 14.1. The van der Waals surface area contributed by atoms with Crippen LogP contribution in [0.4, 0.5) is 0 Å². The number of aliphatic carboxylic acids is 6. The zero-order chi connectivity index (χ0) is 20.2. The van der Waals surface area contributed by atoms with Gasteiger partial charge in [-0.2, -0.15) is 0 Å². The lowest BCUT2D eigenvalue weighted by Gasteiger charge is -2.08. The van der Waals surface area contributed by atoms with Gasteiger partial charge in [0.15, 0.2) is 6.10 Å². The predicted octanol–water partition coefficient (Wildman–Crippen LogP) is -2.36. The highest BCUT2D eigenvalue weighted by molar-refractivity contribution is 5.96. The van der Waals surface area contributed by atoms with E-state index in [9.17, 15) is 28.8 Å². The number of carboxylic acid groups (broad SMARTS) is 6. The van der Waals surface area contributed by atoms with Gasteiger partial charge in [0.05, 0.1) is 6.42 Å². The van der Waals surface area contributed by atoms with Crippen molar-refractivity contribution in [1.82, 2.24) is 0 Å². The number of carbonyl (C=O) groups is 6. The van der Waals surface area contributed by atoms with Crippen LogP contribution in [0.1, 0.15) is 6.42 Å². The molecule has 14 nitrogen and oxygen atoms in total. The Morgan fingerprint density at radius 1 is 0.600 bits per heavy atom. The molecule has 25 heavy (non-hydrogen) atoms. The third-order valence-corrected chi connectivity index (χ3v) is 1.87. The maximum atomic E-state index is 10.3. The Labute approximate surface area is 137 Å². The molecule has 0 aromatic carbocycles. The maximum absolute atomic E-state index is 10.3. The lowest BCUT2D eigenvalue weighted by molar-refractivity contribution is -0.168. The van der Waals surface area contributed by atoms with Gasteiger partial charge in [0.25, 0.3) is 6.10 Å². The van der Waals surface area contributed by atoms with Crippen LogP contribution in [0.5, 0.6) is 0 Å². The fraction of sp³-hybridized carbons (Fsp3) is 0.455. The summed E-state index contributed by atoms with van der Waals surface area (Å²) in [4.78, 5) is 60.2. The number of carboxylic acids is 6. The number of hydrogen-bond donors (Lipinski definition) is 6. The summed E-state index contributed by atoms with van der Waals surface area (Å²) in [5.41, 5.74) is 0. The molecule has 0 aliphatic rings. The quantitative estimate of drug-likeness (QED) is 0.208. The van der Waals surface area contributed by atoms with Gasteiger partial charge in [-0.05, 0) is 0 Å². The highest BCUT2D eigenvalue weighted by Gasteiger charge is 2.27. The smallest absolute Gasteiger partial charge is 0.344 e. The van der Waals surface area contributed by atoms with E-state index < -0.39 is 67.7 Å². The van der Waals surface area contributed by atoms with Crippen LogP contribution in [0.3, 0.4) is 0 Å². The minimum atomic E-state index is -2.12. The topological polar surface area (TPSA) is 242 Å². The molecule has 1 unspecified atom stereocenters. The first-order chi connectivity index (χ1) is 11.4. The van der Waals surface area contributed by atoms with Crippen molar-refractivity contribution in [3.8, 4) is 0 Å². The van der Waals surface area contributed by atoms with Gasteiger partial charge in [-0.25, -0.2) is 24.0 Å². The lowest BCUT2D eigenvalue weighted by atomic mass is 10.2. The summed E-state index contributed by atoms with van der Waals surface area (Å²) in [5, 5.41) is 49.0. The van der Waals surface area contributed by atoms with Crippen LogP contribution in [0.15, 0.2) is 0 Å². The average Bonchev–Trinajstić information content (AvgIpc) is 2.42. The Morgan fingerprint density at radius 3 is 1.28 bits per heavy atom. The third-order valence-electron chi connectivity index (χ3n) is 1.87. The van der Waals surface area contributed by atoms with E-state index in [1.165, 1.54) is 0 Å². The lowest BCUT2D eigenvalue weighted by Crippen LogP contribution is -2.34. The summed E-state index contributed by atoms with van der Waals surface area (Å²) in [5.74, 6) is -9.10. The minimum Gasteiger partial charge on any atom is -0.481 e. The van der Waals surface area contributed by atoms with Crippen molar-refractivity contribution in [2.75, 3.05) is 13.2 Å². The average molecular weight is 370 g/mol. The van der Waals surface area contributed by atoms with E-state index in [4.69, 9.17) is 30.6 Å². The number of ether oxygens (including phenoxy) is 2. The van der Waals surface area contributed by atoms with E-state index in [-0.39, 0.29) is 0 Å². The molecule has 1 atom stereocenters. The van der Waals surface area contributed by atoms with E-state index in [1.807, 2.05) is 0 Å². The van der Waals surface area contributed by atoms with Gasteiger partial charge in [0, 0.05) is 0 Å². The predicted molar refractivity (Wildman–Crippen MR) is 69.9 cm³/mol. The molecule has 142 valence electrons. The van der Waals surface area contributed by atoms with E-state index in [0.29, 0.717) is 0 Å². The van der Waals surface area contributed by atoms with E-state index in [1.54, 1.807) is 0 Å². The Balaban J connectivity index is 0. The van der Waals surface area contributed by atoms with E-state index in [0.717, 1.165) is 0 Å². The highest BCUT2D eigenvalue weighted by atomic mass is 16.6. The zero-order valence-corrected chi connectivity index (χ0v) is 12.2. The maximum Gasteiger partial charge on any atom is 0.344 e. The van der Waals surface area contributed by atoms with Crippen LogP contribution < -0.4 is 0 Å². The molecule has 0 aliphatic carbocycles. The first-order valence-electron chi connectivity index (χ1n) is 5.95. The molecule has 6 N–H and O–H groups in total. The second-order valence-electron chi connectivity index (χ2n) is 3.89. The van der Waals surface area contributed by atoms with Gasteiger partial charge >= 0.3 is 35.8 Å². The molecule has 0 bridgehead atoms. The molecule has 0 radical (unpaired) electrons. The molecule has 0 aliphatic heterocycles. The molecule has 14 heteroatoms. The van der Waals surface area contributed by atoms with Crippen molar-refractivity contribution >= 4 is 35.8 Å². The SMILES string of the molecule is O=C(O)COC(C(=O)O)C(=O)O.O=C(O)COC(CC(=O)O)C(=O)O. The Bertz CT molecular complexity index is 509. The van der Waals surface area contributed by atoms with Crippen LogP contribution in [0.25, 0.3) is 0 Å². The zero-order valence-electron chi connectivity index (χ0n) is 12.2. The molecule has 0 spiro atoms. The standard InChI is InChI=1S/C6H8O7.C5H6O7/c7-4(8)1-3(6(11)12)13-2-5(9)10;6-2(7)1-12-3(4(8)9)5(10)11/h3H,1-2H2,(H,7,8)(H,9,10)(H,11,12);3H,1H2,(H,6,7)(H,8,9)(H,10,11). The normalized spacial score (nSPS) is 10.9. The van der Waals surface area contributed by atoms with Gasteiger partial charge in [0.1, 0.15) is 13.2 Å². The van der Waals surface area contributed by atoms with Crippen molar-refractivity contribution in [3.63, 3.8) is 0 Å². The van der Waals surface area contributed by atoms with Crippen molar-refractivity contribution in [3.05, 3.63) is 0 Å². The summed E-state index contributed by atoms with van der Waals surface area (Å²) >= 11 is 0. The molecule has 0 fully saturated rings. The molecule has 0 saturated heterocycles. The van der Waals surface area contributed by atoms with Crippen LogP contribution >= 0.6 is 0 Å². The first kappa shape index (κ1) is 24.0. The molecular formula is C11H14O14. The van der Waals surface area contributed by atoms with Crippen LogP contribution in [0, 0.1) is 0 Å². The molecule has 0 rings (SSSR count). The van der Waals surface area contributed by atoms with Crippen molar-refractivity contribution in [2.45, 2.75) is 18.6 Å². The summed E-state index contributed by atoms with van der Waals surface area (Å²) in [6, 6.07) is 0. The molecule has 0 saturated carbocycles. The number of hydrogen-bond acceptors (Lipinski definition) is 8. The second-order valence-corrected chi connectivity index (χ2v) is 3.89. The van der Waals surface area contributed by atoms with Crippen LogP contribution in [-0.4, -0.2) is 91.9 Å². The van der Waals surface area contributed by atoms with Gasteiger partial charge in [-0.1, -0.05) is 0 Å². The largest absolute Gasteiger partial charge is 0.481 e. The summed E-state index contributed by atoms with van der Waals surface area (Å²) in [6.07, 6.45) is -4.50. The van der Waals surface area contributed by atoms with Gasteiger partial charge in [-0.3, -0.25) is 4.79 Å². The number of rotatable bonds is 11. The second kappa shape index (κ2) is 12.2. The summed E-state index contributed by atoms with van der Waals surface area (Å²) in [7, 11) is 0. The summed E-state index contributed by atoms with van der Waals surface area (Å²) in [6.45, 7) is -1.78. The van der Waals surface area contributed by atoms with Gasteiger partial charge in [0.2, 0.25) is 0 Å². The Kier molecular flexibility index (Phi) is 11.7. The fourth-order valence-electron chi connectivity index (χ4n) is 0.951. The Morgan fingerprint density at radius 2 is 1.00 bits per heavy atom. The van der Waals surface area contributed by atoms with Crippen molar-refractivity contribution < 1.29 is 68.9 Å². The van der Waals surface area contributed by atoms with E-state index >= 15 is 0 Å². The van der Waals surface area contributed by atoms with Crippen molar-refractivity contribution in [2.24, 2.45) is 0 Å². The molecule has 0 amide bonds. The van der Waals surface area contributed by atoms with Crippen LogP contribution in [-0.2, 0) is 38.2 Å². The van der Waals surface area contributed by atoms with E-state index in [2.05, 4.69) is 9.47 Å². The molecule has 0 heterocycles. The molecular weight excluding hydrogens is 356 g/mol. The van der Waals surface area contributed by atoms with Gasteiger partial charge < -0.3 is 40.1 Å².